The molecule has 0 radical (unpaired) electrons. The number of carbonyl (C=O) groups is 2. The largest absolute Gasteiger partial charge is 0.480 e. The van der Waals surface area contributed by atoms with Crippen molar-refractivity contribution in [2.45, 2.75) is 45.6 Å². The van der Waals surface area contributed by atoms with Gasteiger partial charge in [0.25, 0.3) is 0 Å². The van der Waals surface area contributed by atoms with E-state index >= 15 is 0 Å². The number of likely N-dealkylation sites (N-methyl/N-ethyl adjacent to an activating group) is 1. The van der Waals surface area contributed by atoms with Gasteiger partial charge in [-0.25, -0.2) is 4.79 Å². The van der Waals surface area contributed by atoms with Gasteiger partial charge in [-0.1, -0.05) is 19.8 Å². The van der Waals surface area contributed by atoms with E-state index in [1.165, 1.54) is 18.2 Å². The van der Waals surface area contributed by atoms with E-state index < -0.39 is 12.0 Å². The van der Waals surface area contributed by atoms with Crippen molar-refractivity contribution in [3.05, 3.63) is 0 Å². The van der Waals surface area contributed by atoms with Crippen molar-refractivity contribution in [2.24, 2.45) is 11.8 Å². The third-order valence-corrected chi connectivity index (χ3v) is 3.59. The molecule has 3 unspecified atom stereocenters. The predicted octanol–water partition coefficient (Wildman–Crippen LogP) is 1.74. The van der Waals surface area contributed by atoms with Gasteiger partial charge in [-0.15, -0.1) is 0 Å². The van der Waals surface area contributed by atoms with E-state index in [9.17, 15) is 14.7 Å². The molecule has 16 heavy (non-hydrogen) atoms. The Labute approximate surface area is 96.6 Å². The summed E-state index contributed by atoms with van der Waals surface area (Å²) in [5.41, 5.74) is 0. The van der Waals surface area contributed by atoms with Crippen LogP contribution in [-0.2, 0) is 9.59 Å². The molecular formula is C12H21NO3. The zero-order valence-electron chi connectivity index (χ0n) is 10.3. The highest BCUT2D eigenvalue weighted by Gasteiger charge is 2.35. The number of amides is 1. The highest BCUT2D eigenvalue weighted by Crippen LogP contribution is 2.32. The highest BCUT2D eigenvalue weighted by molar-refractivity contribution is 5.82. The smallest absolute Gasteiger partial charge is 0.326 e. The van der Waals surface area contributed by atoms with Crippen LogP contribution in [0.15, 0.2) is 0 Å². The first-order valence-corrected chi connectivity index (χ1v) is 5.89. The van der Waals surface area contributed by atoms with E-state index in [1.807, 2.05) is 0 Å². The van der Waals surface area contributed by atoms with Crippen molar-refractivity contribution in [3.8, 4) is 0 Å². The molecule has 0 spiro atoms. The van der Waals surface area contributed by atoms with Crippen LogP contribution in [0.5, 0.6) is 0 Å². The van der Waals surface area contributed by atoms with Crippen molar-refractivity contribution in [2.75, 3.05) is 7.05 Å². The average Bonchev–Trinajstić information content (AvgIpc) is 2.17. The number of aliphatic carboxylic acids is 1. The lowest BCUT2D eigenvalue weighted by atomic mass is 9.78. The molecule has 1 aliphatic rings. The van der Waals surface area contributed by atoms with Gasteiger partial charge >= 0.3 is 5.97 Å². The molecule has 0 bridgehead atoms. The van der Waals surface area contributed by atoms with Gasteiger partial charge in [0, 0.05) is 14.0 Å². The Morgan fingerprint density at radius 3 is 2.44 bits per heavy atom. The summed E-state index contributed by atoms with van der Waals surface area (Å²) in [6, 6.07) is -0.653. The van der Waals surface area contributed by atoms with Crippen molar-refractivity contribution in [1.29, 1.82) is 0 Å². The third kappa shape index (κ3) is 2.97. The molecule has 4 nitrogen and oxygen atoms in total. The summed E-state index contributed by atoms with van der Waals surface area (Å²) in [6.45, 7) is 3.57. The molecule has 92 valence electrons. The van der Waals surface area contributed by atoms with Crippen molar-refractivity contribution in [3.63, 3.8) is 0 Å². The van der Waals surface area contributed by atoms with E-state index in [1.54, 1.807) is 7.05 Å². The summed E-state index contributed by atoms with van der Waals surface area (Å²) >= 11 is 0. The van der Waals surface area contributed by atoms with E-state index in [0.29, 0.717) is 5.92 Å². The van der Waals surface area contributed by atoms with Gasteiger partial charge in [-0.3, -0.25) is 4.79 Å². The van der Waals surface area contributed by atoms with Gasteiger partial charge < -0.3 is 10.0 Å². The van der Waals surface area contributed by atoms with Gasteiger partial charge in [0.2, 0.25) is 5.91 Å². The Kier molecular flexibility index (Phi) is 4.33. The Morgan fingerprint density at radius 2 is 2.00 bits per heavy atom. The monoisotopic (exact) mass is 227 g/mol. The summed E-state index contributed by atoms with van der Waals surface area (Å²) in [5.74, 6) is -0.376. The molecule has 0 saturated heterocycles. The summed E-state index contributed by atoms with van der Waals surface area (Å²) in [5, 5.41) is 9.24. The van der Waals surface area contributed by atoms with Crippen molar-refractivity contribution in [1.82, 2.24) is 4.90 Å². The quantitative estimate of drug-likeness (QED) is 0.799. The molecule has 0 aliphatic heterocycles. The van der Waals surface area contributed by atoms with Crippen LogP contribution >= 0.6 is 0 Å². The van der Waals surface area contributed by atoms with Crippen LogP contribution in [0.4, 0.5) is 0 Å². The topological polar surface area (TPSA) is 57.6 Å². The molecule has 1 fully saturated rings. The average molecular weight is 227 g/mol. The predicted molar refractivity (Wildman–Crippen MR) is 61.0 cm³/mol. The van der Waals surface area contributed by atoms with Crippen LogP contribution in [-0.4, -0.2) is 35.0 Å². The first-order chi connectivity index (χ1) is 7.43. The number of carboxylic acid groups (broad SMARTS) is 1. The van der Waals surface area contributed by atoms with Gasteiger partial charge in [-0.2, -0.15) is 0 Å². The van der Waals surface area contributed by atoms with Crippen LogP contribution < -0.4 is 0 Å². The minimum atomic E-state index is -0.878. The van der Waals surface area contributed by atoms with E-state index in [4.69, 9.17) is 0 Å². The fourth-order valence-electron chi connectivity index (χ4n) is 2.65. The zero-order chi connectivity index (χ0) is 12.3. The summed E-state index contributed by atoms with van der Waals surface area (Å²) in [6.07, 6.45) is 4.07. The normalized spacial score (nSPS) is 27.2. The minimum Gasteiger partial charge on any atom is -0.480 e. The van der Waals surface area contributed by atoms with Crippen LogP contribution in [0.3, 0.4) is 0 Å². The molecule has 1 rings (SSSR count). The number of rotatable bonds is 3. The molecule has 1 saturated carbocycles. The van der Waals surface area contributed by atoms with Gasteiger partial charge in [0.05, 0.1) is 0 Å². The standard InChI is InChI=1S/C12H21NO3/c1-8-5-4-6-10(7-8)11(12(15)16)13(3)9(2)14/h8,10-11H,4-7H2,1-3H3,(H,15,16). The molecule has 1 N–H and O–H groups in total. The van der Waals surface area contributed by atoms with Crippen molar-refractivity contribution >= 4 is 11.9 Å². The molecule has 1 amide bonds. The third-order valence-electron chi connectivity index (χ3n) is 3.59. The summed E-state index contributed by atoms with van der Waals surface area (Å²) in [7, 11) is 1.58. The van der Waals surface area contributed by atoms with E-state index in [-0.39, 0.29) is 11.8 Å². The van der Waals surface area contributed by atoms with E-state index in [0.717, 1.165) is 19.3 Å². The van der Waals surface area contributed by atoms with Gasteiger partial charge in [0.15, 0.2) is 0 Å². The number of hydrogen-bond acceptors (Lipinski definition) is 2. The van der Waals surface area contributed by atoms with Crippen LogP contribution in [0.2, 0.25) is 0 Å². The summed E-state index contributed by atoms with van der Waals surface area (Å²) in [4.78, 5) is 23.9. The van der Waals surface area contributed by atoms with Crippen LogP contribution in [0.25, 0.3) is 0 Å². The fraction of sp³-hybridized carbons (Fsp3) is 0.833. The van der Waals surface area contributed by atoms with Crippen LogP contribution in [0.1, 0.15) is 39.5 Å². The van der Waals surface area contributed by atoms with Gasteiger partial charge in [0.1, 0.15) is 6.04 Å². The lowest BCUT2D eigenvalue weighted by molar-refractivity contribution is -0.151. The molecule has 0 heterocycles. The minimum absolute atomic E-state index is 0.107. The molecule has 3 atom stereocenters. The molecular weight excluding hydrogens is 206 g/mol. The first kappa shape index (κ1) is 13.0. The zero-order valence-corrected chi connectivity index (χ0v) is 10.3. The Balaban J connectivity index is 2.76. The van der Waals surface area contributed by atoms with Gasteiger partial charge in [-0.05, 0) is 24.7 Å². The fourth-order valence-corrected chi connectivity index (χ4v) is 2.65. The maximum Gasteiger partial charge on any atom is 0.326 e. The molecule has 0 aromatic heterocycles. The maximum atomic E-state index is 11.3. The molecule has 0 aromatic rings. The number of nitrogens with zero attached hydrogens (tertiary/aromatic N) is 1. The molecule has 4 heteroatoms. The van der Waals surface area contributed by atoms with E-state index in [2.05, 4.69) is 6.92 Å². The second-order valence-electron chi connectivity index (χ2n) is 4.94. The molecule has 0 aromatic carbocycles. The lowest BCUT2D eigenvalue weighted by Gasteiger charge is -2.35. The highest BCUT2D eigenvalue weighted by atomic mass is 16.4. The molecule has 1 aliphatic carbocycles. The van der Waals surface area contributed by atoms with Crippen molar-refractivity contribution < 1.29 is 14.7 Å². The first-order valence-electron chi connectivity index (χ1n) is 5.89. The number of hydrogen-bond donors (Lipinski definition) is 1. The van der Waals surface area contributed by atoms with Crippen LogP contribution in [0, 0.1) is 11.8 Å². The Morgan fingerprint density at radius 1 is 1.38 bits per heavy atom. The Hall–Kier alpha value is -1.06. The number of carbonyl (C=O) groups excluding carboxylic acids is 1. The summed E-state index contributed by atoms with van der Waals surface area (Å²) < 4.78 is 0. The second-order valence-corrected chi connectivity index (χ2v) is 4.94. The maximum absolute atomic E-state index is 11.3. The number of carboxylic acids is 1. The lowest BCUT2D eigenvalue weighted by Crippen LogP contribution is -2.47. The second kappa shape index (κ2) is 5.32. The SMILES string of the molecule is CC(=O)N(C)C(C(=O)O)C1CCCC(C)C1. The Bertz CT molecular complexity index is 277.